The van der Waals surface area contributed by atoms with Gasteiger partial charge in [0.2, 0.25) is 11.2 Å². The highest BCUT2D eigenvalue weighted by Gasteiger charge is 2.30. The molecule has 0 N–H and O–H groups in total. The molecule has 0 atom stereocenters. The molecule has 0 saturated carbocycles. The number of hydrogen-bond acceptors (Lipinski definition) is 5. The summed E-state index contributed by atoms with van der Waals surface area (Å²) in [6, 6.07) is 5.55. The zero-order chi connectivity index (χ0) is 21.0. The van der Waals surface area contributed by atoms with Crippen LogP contribution in [0.4, 0.5) is 13.2 Å². The molecule has 2 heterocycles. The third kappa shape index (κ3) is 5.17. The Labute approximate surface area is 165 Å². The van der Waals surface area contributed by atoms with Crippen molar-refractivity contribution in [1.82, 2.24) is 9.80 Å². The number of ether oxygens (including phenoxy) is 1. The van der Waals surface area contributed by atoms with Crippen molar-refractivity contribution in [3.63, 3.8) is 0 Å². The molecule has 1 aliphatic heterocycles. The molecule has 0 spiro atoms. The van der Waals surface area contributed by atoms with Crippen molar-refractivity contribution < 1.29 is 27.1 Å². The number of benzene rings is 1. The Morgan fingerprint density at radius 1 is 1.10 bits per heavy atom. The van der Waals surface area contributed by atoms with Crippen molar-refractivity contribution in [2.75, 3.05) is 39.3 Å². The smallest absolute Gasteiger partial charge is 0.416 e. The topological polar surface area (TPSA) is 63.0 Å². The van der Waals surface area contributed by atoms with Crippen molar-refractivity contribution in [2.45, 2.75) is 13.1 Å². The number of aryl methyl sites for hydroxylation is 1. The molecule has 1 aliphatic rings. The van der Waals surface area contributed by atoms with Gasteiger partial charge in [-0.15, -0.1) is 0 Å². The van der Waals surface area contributed by atoms with Crippen LogP contribution in [0.15, 0.2) is 45.8 Å². The number of hydrogen-bond donors (Lipinski definition) is 0. The largest absolute Gasteiger partial charge is 0.485 e. The lowest BCUT2D eigenvalue weighted by Gasteiger charge is -2.34. The van der Waals surface area contributed by atoms with Gasteiger partial charge in [0.05, 0.1) is 11.8 Å². The molecule has 1 fully saturated rings. The van der Waals surface area contributed by atoms with E-state index in [1.807, 2.05) is 0 Å². The number of nitrogens with zero attached hydrogens (tertiary/aromatic N) is 2. The maximum Gasteiger partial charge on any atom is 0.416 e. The van der Waals surface area contributed by atoms with Gasteiger partial charge in [-0.2, -0.15) is 13.2 Å². The Hall–Kier alpha value is -2.81. The van der Waals surface area contributed by atoms with Gasteiger partial charge in [-0.3, -0.25) is 14.5 Å². The van der Waals surface area contributed by atoms with Gasteiger partial charge in [0, 0.05) is 44.4 Å². The first-order chi connectivity index (χ1) is 13.8. The molecule has 1 saturated heterocycles. The quantitative estimate of drug-likeness (QED) is 0.759. The fourth-order valence-electron chi connectivity index (χ4n) is 3.11. The van der Waals surface area contributed by atoms with Crippen LogP contribution in [0.1, 0.15) is 21.7 Å². The third-order valence-electron chi connectivity index (χ3n) is 4.78. The van der Waals surface area contributed by atoms with E-state index < -0.39 is 11.7 Å². The van der Waals surface area contributed by atoms with E-state index in [1.54, 1.807) is 11.8 Å². The van der Waals surface area contributed by atoms with E-state index in [0.29, 0.717) is 45.1 Å². The number of amides is 1. The molecule has 2 aromatic rings. The van der Waals surface area contributed by atoms with Gasteiger partial charge in [0.1, 0.15) is 12.4 Å². The highest BCUT2D eigenvalue weighted by atomic mass is 19.4. The standard InChI is InChI=1S/C20H21F3N2O4/c1-14-18(17(26)6-12-28-14)29-13-11-24-7-9-25(10-8-24)19(27)15-2-4-16(5-3-15)20(21,22)23/h2-6,12H,7-11,13H2,1H3. The summed E-state index contributed by atoms with van der Waals surface area (Å²) in [5.74, 6) is 0.334. The monoisotopic (exact) mass is 410 g/mol. The number of rotatable bonds is 5. The van der Waals surface area contributed by atoms with Crippen molar-refractivity contribution in [3.8, 4) is 5.75 Å². The summed E-state index contributed by atoms with van der Waals surface area (Å²) in [6.07, 6.45) is -3.11. The predicted octanol–water partition coefficient (Wildman–Crippen LogP) is 2.80. The van der Waals surface area contributed by atoms with Crippen LogP contribution < -0.4 is 10.2 Å². The SMILES string of the molecule is Cc1occc(=O)c1OCCN1CCN(C(=O)c2ccc(C(F)(F)F)cc2)CC1. The number of piperazine rings is 1. The predicted molar refractivity (Wildman–Crippen MR) is 99.0 cm³/mol. The summed E-state index contributed by atoms with van der Waals surface area (Å²) in [5.41, 5.74) is -0.775. The van der Waals surface area contributed by atoms with Crippen LogP contribution in [-0.4, -0.2) is 55.0 Å². The second kappa shape index (κ2) is 8.69. The Balaban J connectivity index is 1.47. The zero-order valence-electron chi connectivity index (χ0n) is 15.9. The Kier molecular flexibility index (Phi) is 6.26. The molecule has 0 aliphatic carbocycles. The highest BCUT2D eigenvalue weighted by molar-refractivity contribution is 5.94. The molecular formula is C20H21F3N2O4. The number of carbonyl (C=O) groups excluding carboxylic acids is 1. The van der Waals surface area contributed by atoms with E-state index in [9.17, 15) is 22.8 Å². The maximum atomic E-state index is 12.6. The van der Waals surface area contributed by atoms with Crippen molar-refractivity contribution in [2.24, 2.45) is 0 Å². The first-order valence-corrected chi connectivity index (χ1v) is 9.16. The number of alkyl halides is 3. The summed E-state index contributed by atoms with van der Waals surface area (Å²) in [6.45, 7) is 4.69. The Morgan fingerprint density at radius 2 is 1.76 bits per heavy atom. The van der Waals surface area contributed by atoms with E-state index in [1.165, 1.54) is 24.5 Å². The summed E-state index contributed by atoms with van der Waals surface area (Å²) in [4.78, 5) is 28.0. The minimum atomic E-state index is -4.42. The molecule has 0 bridgehead atoms. The van der Waals surface area contributed by atoms with Crippen molar-refractivity contribution in [1.29, 1.82) is 0 Å². The Morgan fingerprint density at radius 3 is 2.34 bits per heavy atom. The van der Waals surface area contributed by atoms with Crippen molar-refractivity contribution in [3.05, 3.63) is 63.7 Å². The normalized spacial score (nSPS) is 15.4. The summed E-state index contributed by atoms with van der Waals surface area (Å²) >= 11 is 0. The Bertz CT molecular complexity index is 901. The summed E-state index contributed by atoms with van der Waals surface area (Å²) in [5, 5.41) is 0. The maximum absolute atomic E-state index is 12.6. The van der Waals surface area contributed by atoms with E-state index in [-0.39, 0.29) is 22.6 Å². The minimum Gasteiger partial charge on any atom is -0.485 e. The first-order valence-electron chi connectivity index (χ1n) is 9.16. The second-order valence-corrected chi connectivity index (χ2v) is 6.73. The van der Waals surface area contributed by atoms with Gasteiger partial charge in [0.15, 0.2) is 0 Å². The average molecular weight is 410 g/mol. The molecule has 0 radical (unpaired) electrons. The molecule has 1 aromatic heterocycles. The average Bonchev–Trinajstić information content (AvgIpc) is 2.69. The fraction of sp³-hybridized carbons (Fsp3) is 0.400. The fourth-order valence-corrected chi connectivity index (χ4v) is 3.11. The van der Waals surface area contributed by atoms with Gasteiger partial charge in [-0.05, 0) is 31.2 Å². The molecule has 156 valence electrons. The van der Waals surface area contributed by atoms with E-state index in [2.05, 4.69) is 4.90 Å². The van der Waals surface area contributed by atoms with E-state index >= 15 is 0 Å². The second-order valence-electron chi connectivity index (χ2n) is 6.73. The molecule has 29 heavy (non-hydrogen) atoms. The van der Waals surface area contributed by atoms with Crippen molar-refractivity contribution >= 4 is 5.91 Å². The van der Waals surface area contributed by atoms with Crippen LogP contribution in [0.2, 0.25) is 0 Å². The minimum absolute atomic E-state index is 0.198. The van der Waals surface area contributed by atoms with Crippen LogP contribution >= 0.6 is 0 Å². The molecule has 3 rings (SSSR count). The molecule has 1 aromatic carbocycles. The first kappa shape index (κ1) is 20.9. The molecule has 6 nitrogen and oxygen atoms in total. The third-order valence-corrected chi connectivity index (χ3v) is 4.78. The van der Waals surface area contributed by atoms with E-state index in [4.69, 9.17) is 9.15 Å². The lowest BCUT2D eigenvalue weighted by molar-refractivity contribution is -0.137. The molecule has 0 unspecified atom stereocenters. The van der Waals surface area contributed by atoms with Gasteiger partial charge in [0.25, 0.3) is 5.91 Å². The van der Waals surface area contributed by atoms with Gasteiger partial charge in [-0.1, -0.05) is 0 Å². The molecule has 1 amide bonds. The van der Waals surface area contributed by atoms with Gasteiger partial charge < -0.3 is 14.1 Å². The zero-order valence-corrected chi connectivity index (χ0v) is 15.9. The highest BCUT2D eigenvalue weighted by Crippen LogP contribution is 2.29. The van der Waals surface area contributed by atoms with Crippen LogP contribution in [0.3, 0.4) is 0 Å². The molecular weight excluding hydrogens is 389 g/mol. The lowest BCUT2D eigenvalue weighted by atomic mass is 10.1. The number of carbonyl (C=O) groups is 1. The van der Waals surface area contributed by atoms with Crippen LogP contribution in [0, 0.1) is 6.92 Å². The lowest BCUT2D eigenvalue weighted by Crippen LogP contribution is -2.49. The summed E-state index contributed by atoms with van der Waals surface area (Å²) < 4.78 is 48.6. The summed E-state index contributed by atoms with van der Waals surface area (Å²) in [7, 11) is 0. The molecule has 9 heteroatoms. The van der Waals surface area contributed by atoms with Gasteiger partial charge in [-0.25, -0.2) is 0 Å². The van der Waals surface area contributed by atoms with Crippen LogP contribution in [0.5, 0.6) is 5.75 Å². The number of halogens is 3. The van der Waals surface area contributed by atoms with Crippen LogP contribution in [0.25, 0.3) is 0 Å². The van der Waals surface area contributed by atoms with E-state index in [0.717, 1.165) is 12.1 Å². The van der Waals surface area contributed by atoms with Crippen LogP contribution in [-0.2, 0) is 6.18 Å². The van der Waals surface area contributed by atoms with Gasteiger partial charge >= 0.3 is 6.18 Å².